The van der Waals surface area contributed by atoms with Crippen LogP contribution in [0.5, 0.6) is 0 Å². The Morgan fingerprint density at radius 1 is 0.574 bits per heavy atom. The van der Waals surface area contributed by atoms with E-state index in [0.717, 1.165) is 38.5 Å². The lowest BCUT2D eigenvalue weighted by Gasteiger charge is -2.19. The van der Waals surface area contributed by atoms with Crippen LogP contribution >= 0.6 is 7.82 Å². The number of hydrogen-bond acceptors (Lipinski definition) is 8. The number of hydrogen-bond donors (Lipinski definition) is 2. The normalized spacial score (nSPS) is 13.1. The van der Waals surface area contributed by atoms with E-state index in [2.05, 4.69) is 13.5 Å². The summed E-state index contributed by atoms with van der Waals surface area (Å²) >= 11 is 0. The van der Waals surface area contributed by atoms with E-state index >= 15 is 0 Å². The number of esters is 2. The molecule has 0 aliphatic carbocycles. The Kier molecular flexibility index (Phi) is 40.4. The standard InChI is InChI=1S/C44H86NO8P/c1-3-5-7-9-11-13-15-17-19-20-21-23-25-27-29-31-33-35-37-44(47)53-42(41-52-54(48,49)51-39-38-45)40-50-43(46)36-34-32-30-28-26-24-22-18-16-14-12-10-8-6-4-2/h4,42H,2-3,5-41,45H2,1H3,(H,48,49)/t42-/m1/s1. The molecular weight excluding hydrogens is 701 g/mol. The molecule has 0 saturated heterocycles. The van der Waals surface area contributed by atoms with E-state index in [9.17, 15) is 19.0 Å². The van der Waals surface area contributed by atoms with E-state index in [0.29, 0.717) is 6.42 Å². The van der Waals surface area contributed by atoms with Crippen molar-refractivity contribution in [2.24, 2.45) is 5.73 Å². The first-order valence-electron chi connectivity index (χ1n) is 22.6. The van der Waals surface area contributed by atoms with Gasteiger partial charge in [0.25, 0.3) is 0 Å². The second-order valence-electron chi connectivity index (χ2n) is 15.4. The average molecular weight is 788 g/mol. The molecule has 0 rings (SSSR count). The van der Waals surface area contributed by atoms with Crippen molar-refractivity contribution in [3.05, 3.63) is 12.7 Å². The molecule has 0 spiro atoms. The number of phosphoric acid groups is 1. The minimum atomic E-state index is -4.37. The summed E-state index contributed by atoms with van der Waals surface area (Å²) in [5.74, 6) is -0.818. The Hall–Kier alpha value is -1.25. The van der Waals surface area contributed by atoms with Crippen LogP contribution in [0.4, 0.5) is 0 Å². The number of rotatable bonds is 44. The van der Waals surface area contributed by atoms with Crippen LogP contribution in [0.3, 0.4) is 0 Å². The summed E-state index contributed by atoms with van der Waals surface area (Å²) in [6, 6.07) is 0. The van der Waals surface area contributed by atoms with E-state index in [1.807, 2.05) is 6.08 Å². The number of ether oxygens (including phenoxy) is 2. The Morgan fingerprint density at radius 3 is 1.33 bits per heavy atom. The summed E-state index contributed by atoms with van der Waals surface area (Å²) in [5.41, 5.74) is 5.35. The van der Waals surface area contributed by atoms with Gasteiger partial charge in [-0.15, -0.1) is 6.58 Å². The van der Waals surface area contributed by atoms with Gasteiger partial charge in [-0.1, -0.05) is 193 Å². The lowest BCUT2D eigenvalue weighted by Crippen LogP contribution is -2.29. The Labute approximate surface area is 332 Å². The van der Waals surface area contributed by atoms with Crippen molar-refractivity contribution in [2.75, 3.05) is 26.4 Å². The molecule has 0 aromatic heterocycles. The summed E-state index contributed by atoms with van der Waals surface area (Å²) in [4.78, 5) is 34.9. The first-order valence-corrected chi connectivity index (χ1v) is 24.1. The molecule has 0 aliphatic rings. The Balaban J connectivity index is 4.06. The quantitative estimate of drug-likeness (QED) is 0.0268. The lowest BCUT2D eigenvalue weighted by atomic mass is 10.0. The molecule has 9 nitrogen and oxygen atoms in total. The van der Waals surface area contributed by atoms with Gasteiger partial charge >= 0.3 is 19.8 Å². The summed E-state index contributed by atoms with van der Waals surface area (Å²) in [6.07, 6.45) is 41.3. The van der Waals surface area contributed by atoms with Gasteiger partial charge in [-0.05, 0) is 25.7 Å². The van der Waals surface area contributed by atoms with Crippen LogP contribution in [0.15, 0.2) is 12.7 Å². The Morgan fingerprint density at radius 2 is 0.944 bits per heavy atom. The molecule has 0 aromatic carbocycles. The molecule has 3 N–H and O–H groups in total. The fourth-order valence-electron chi connectivity index (χ4n) is 6.68. The summed E-state index contributed by atoms with van der Waals surface area (Å²) in [5, 5.41) is 0. The van der Waals surface area contributed by atoms with Gasteiger partial charge in [-0.2, -0.15) is 0 Å². The second-order valence-corrected chi connectivity index (χ2v) is 16.8. The molecule has 0 amide bonds. The van der Waals surface area contributed by atoms with Crippen molar-refractivity contribution >= 4 is 19.8 Å². The van der Waals surface area contributed by atoms with Crippen molar-refractivity contribution in [3.8, 4) is 0 Å². The molecule has 320 valence electrons. The van der Waals surface area contributed by atoms with Crippen molar-refractivity contribution in [3.63, 3.8) is 0 Å². The van der Waals surface area contributed by atoms with E-state index in [1.54, 1.807) is 0 Å². The number of unbranched alkanes of at least 4 members (excludes halogenated alkanes) is 30. The predicted octanol–water partition coefficient (Wildman–Crippen LogP) is 13.0. The minimum absolute atomic E-state index is 0.0561. The maximum atomic E-state index is 12.6. The lowest BCUT2D eigenvalue weighted by molar-refractivity contribution is -0.161. The fourth-order valence-corrected chi connectivity index (χ4v) is 7.44. The van der Waals surface area contributed by atoms with Gasteiger partial charge in [-0.3, -0.25) is 18.6 Å². The molecule has 0 heterocycles. The van der Waals surface area contributed by atoms with Crippen molar-refractivity contribution in [2.45, 2.75) is 231 Å². The molecule has 2 atom stereocenters. The van der Waals surface area contributed by atoms with Gasteiger partial charge in [0.1, 0.15) is 6.61 Å². The third-order valence-electron chi connectivity index (χ3n) is 10.0. The molecule has 0 fully saturated rings. The first kappa shape index (κ1) is 52.8. The highest BCUT2D eigenvalue weighted by Gasteiger charge is 2.26. The first-order chi connectivity index (χ1) is 26.3. The zero-order valence-corrected chi connectivity index (χ0v) is 36.0. The summed E-state index contributed by atoms with van der Waals surface area (Å²) < 4.78 is 32.8. The highest BCUT2D eigenvalue weighted by atomic mass is 31.2. The van der Waals surface area contributed by atoms with Crippen LogP contribution in [0.2, 0.25) is 0 Å². The number of carbonyl (C=O) groups excluding carboxylic acids is 2. The maximum absolute atomic E-state index is 12.6. The smallest absolute Gasteiger partial charge is 0.462 e. The van der Waals surface area contributed by atoms with E-state index in [1.165, 1.54) is 161 Å². The molecule has 1 unspecified atom stereocenters. The summed E-state index contributed by atoms with van der Waals surface area (Å²) in [7, 11) is -4.37. The largest absolute Gasteiger partial charge is 0.472 e. The molecule has 10 heteroatoms. The number of nitrogens with two attached hydrogens (primary N) is 1. The molecule has 0 radical (unpaired) electrons. The number of carbonyl (C=O) groups is 2. The van der Waals surface area contributed by atoms with E-state index in [-0.39, 0.29) is 38.6 Å². The highest BCUT2D eigenvalue weighted by molar-refractivity contribution is 7.47. The third-order valence-corrected chi connectivity index (χ3v) is 11.0. The van der Waals surface area contributed by atoms with Crippen molar-refractivity contribution in [1.29, 1.82) is 0 Å². The molecule has 54 heavy (non-hydrogen) atoms. The van der Waals surface area contributed by atoms with Gasteiger partial charge in [0.05, 0.1) is 13.2 Å². The number of allylic oxidation sites excluding steroid dienone is 1. The van der Waals surface area contributed by atoms with Crippen molar-refractivity contribution < 1.29 is 37.6 Å². The van der Waals surface area contributed by atoms with Crippen molar-refractivity contribution in [1.82, 2.24) is 0 Å². The Bertz CT molecular complexity index is 889. The molecular formula is C44H86NO8P. The molecule has 0 saturated carbocycles. The predicted molar refractivity (Wildman–Crippen MR) is 224 cm³/mol. The van der Waals surface area contributed by atoms with Crippen LogP contribution in [0.1, 0.15) is 225 Å². The summed E-state index contributed by atoms with van der Waals surface area (Å²) in [6.45, 7) is 5.29. The zero-order chi connectivity index (χ0) is 39.6. The number of phosphoric ester groups is 1. The monoisotopic (exact) mass is 788 g/mol. The molecule has 0 aliphatic heterocycles. The fraction of sp³-hybridized carbons (Fsp3) is 0.909. The third kappa shape index (κ3) is 40.4. The van der Waals surface area contributed by atoms with E-state index < -0.39 is 26.5 Å². The van der Waals surface area contributed by atoms with Gasteiger partial charge in [0.2, 0.25) is 0 Å². The van der Waals surface area contributed by atoms with Crippen LogP contribution in [-0.2, 0) is 32.7 Å². The minimum Gasteiger partial charge on any atom is -0.462 e. The van der Waals surface area contributed by atoms with Gasteiger partial charge in [0, 0.05) is 19.4 Å². The van der Waals surface area contributed by atoms with Crippen LogP contribution in [-0.4, -0.2) is 49.3 Å². The van der Waals surface area contributed by atoms with Gasteiger partial charge in [0.15, 0.2) is 6.10 Å². The van der Waals surface area contributed by atoms with Gasteiger partial charge < -0.3 is 20.1 Å². The molecule has 0 aromatic rings. The maximum Gasteiger partial charge on any atom is 0.472 e. The van der Waals surface area contributed by atoms with Crippen LogP contribution in [0.25, 0.3) is 0 Å². The molecule has 0 bridgehead atoms. The zero-order valence-electron chi connectivity index (χ0n) is 35.1. The van der Waals surface area contributed by atoms with E-state index in [4.69, 9.17) is 24.3 Å². The van der Waals surface area contributed by atoms with Crippen LogP contribution < -0.4 is 5.73 Å². The highest BCUT2D eigenvalue weighted by Crippen LogP contribution is 2.43. The van der Waals surface area contributed by atoms with Crippen LogP contribution in [0, 0.1) is 0 Å². The second kappa shape index (κ2) is 41.4. The average Bonchev–Trinajstić information content (AvgIpc) is 3.16. The topological polar surface area (TPSA) is 134 Å². The SMILES string of the molecule is C=CCCCCCCCCCCCCCCCC(=O)OC[C@H](COP(=O)(O)OCCN)OC(=O)CCCCCCCCCCCCCCCCCCCC. The van der Waals surface area contributed by atoms with Gasteiger partial charge in [-0.25, -0.2) is 4.57 Å².